The quantitative estimate of drug-likeness (QED) is 0.658. The van der Waals surface area contributed by atoms with E-state index >= 15 is 0 Å². The summed E-state index contributed by atoms with van der Waals surface area (Å²) in [6, 6.07) is 5.98. The van der Waals surface area contributed by atoms with Crippen LogP contribution in [0, 0.1) is 0 Å². The third-order valence-corrected chi connectivity index (χ3v) is 5.96. The minimum Gasteiger partial charge on any atom is -0.399 e. The number of aromatic nitrogens is 1. The van der Waals surface area contributed by atoms with Gasteiger partial charge < -0.3 is 10.3 Å². The van der Waals surface area contributed by atoms with Gasteiger partial charge >= 0.3 is 0 Å². The second-order valence-corrected chi connectivity index (χ2v) is 8.08. The number of nitrogens with zero attached hydrogens (tertiary/aromatic N) is 1. The van der Waals surface area contributed by atoms with Gasteiger partial charge in [-0.25, -0.2) is 8.42 Å². The Hall–Kier alpha value is -1.14. The lowest BCUT2D eigenvalue weighted by atomic mass is 10.2. The second-order valence-electron chi connectivity index (χ2n) is 4.76. The summed E-state index contributed by atoms with van der Waals surface area (Å²) in [4.78, 5) is 1.15. The summed E-state index contributed by atoms with van der Waals surface area (Å²) < 4.78 is 25.1. The first-order valence-corrected chi connectivity index (χ1v) is 9.64. The highest BCUT2D eigenvalue weighted by Gasteiger charge is 2.09. The maximum atomic E-state index is 11.5. The van der Waals surface area contributed by atoms with E-state index in [1.54, 1.807) is 18.7 Å². The lowest BCUT2D eigenvalue weighted by Gasteiger charge is -2.08. The molecule has 1 aromatic heterocycles. The first kappa shape index (κ1) is 15.3. The third kappa shape index (κ3) is 3.30. The lowest BCUT2D eigenvalue weighted by molar-refractivity contribution is 0.589. The van der Waals surface area contributed by atoms with Crippen LogP contribution in [-0.4, -0.2) is 30.7 Å². The van der Waals surface area contributed by atoms with Crippen LogP contribution in [0.3, 0.4) is 0 Å². The van der Waals surface area contributed by atoms with Gasteiger partial charge in [0.25, 0.3) is 0 Å². The Balaban J connectivity index is 2.21. The fraction of sp³-hybridized carbons (Fsp3) is 0.429. The van der Waals surface area contributed by atoms with E-state index in [0.717, 1.165) is 16.1 Å². The summed E-state index contributed by atoms with van der Waals surface area (Å²) in [5.41, 5.74) is 7.74. The molecule has 0 atom stereocenters. The van der Waals surface area contributed by atoms with Gasteiger partial charge in [-0.1, -0.05) is 6.92 Å². The molecule has 0 fully saturated rings. The number of aryl methyl sites for hydroxylation is 1. The molecule has 0 aliphatic heterocycles. The van der Waals surface area contributed by atoms with Crippen molar-refractivity contribution in [2.45, 2.75) is 24.8 Å². The highest BCUT2D eigenvalue weighted by atomic mass is 32.2. The number of sulfone groups is 1. The predicted molar refractivity (Wildman–Crippen MR) is 87.1 cm³/mol. The van der Waals surface area contributed by atoms with Crippen molar-refractivity contribution in [3.05, 3.63) is 24.4 Å². The van der Waals surface area contributed by atoms with Crippen LogP contribution in [0.2, 0.25) is 0 Å². The van der Waals surface area contributed by atoms with Crippen LogP contribution < -0.4 is 5.73 Å². The Morgan fingerprint density at radius 2 is 2.10 bits per heavy atom. The van der Waals surface area contributed by atoms with E-state index in [1.165, 1.54) is 5.39 Å². The third-order valence-electron chi connectivity index (χ3n) is 3.39. The maximum absolute atomic E-state index is 11.5. The molecule has 2 aromatic rings. The smallest absolute Gasteiger partial charge is 0.150 e. The molecule has 1 aromatic carbocycles. The molecule has 0 radical (unpaired) electrons. The fourth-order valence-electron chi connectivity index (χ4n) is 2.25. The Labute approximate surface area is 124 Å². The van der Waals surface area contributed by atoms with Crippen molar-refractivity contribution in [3.63, 3.8) is 0 Å². The van der Waals surface area contributed by atoms with Crippen LogP contribution >= 0.6 is 11.8 Å². The molecule has 0 aliphatic carbocycles. The molecule has 1 heterocycles. The number of hydrogen-bond acceptors (Lipinski definition) is 4. The average Bonchev–Trinajstić information content (AvgIpc) is 2.81. The number of benzene rings is 1. The van der Waals surface area contributed by atoms with Gasteiger partial charge in [0.2, 0.25) is 0 Å². The van der Waals surface area contributed by atoms with Gasteiger partial charge in [0.05, 0.1) is 11.3 Å². The number of nitrogen functional groups attached to an aromatic ring is 1. The molecule has 0 bridgehead atoms. The van der Waals surface area contributed by atoms with E-state index in [2.05, 4.69) is 10.6 Å². The van der Waals surface area contributed by atoms with Crippen LogP contribution in [0.1, 0.15) is 13.3 Å². The van der Waals surface area contributed by atoms with Crippen LogP contribution in [0.15, 0.2) is 29.3 Å². The van der Waals surface area contributed by atoms with Gasteiger partial charge in [0, 0.05) is 34.5 Å². The Morgan fingerprint density at radius 1 is 1.35 bits per heavy atom. The lowest BCUT2D eigenvalue weighted by Crippen LogP contribution is -2.11. The number of anilines is 1. The molecule has 2 rings (SSSR count). The summed E-state index contributed by atoms with van der Waals surface area (Å²) in [6.07, 6.45) is 4.66. The minimum absolute atomic E-state index is 0.211. The van der Waals surface area contributed by atoms with Crippen molar-refractivity contribution in [1.82, 2.24) is 4.57 Å². The standard InChI is InChI=1S/C14H20N2O2S2/c1-3-20(17,18)8-4-6-16-7-5-12-13(16)9-11(15)10-14(12)19-2/h5,7,9-10H,3-4,6,8,15H2,1-2H3. The first-order chi connectivity index (χ1) is 9.46. The monoisotopic (exact) mass is 312 g/mol. The molecule has 0 saturated heterocycles. The van der Waals surface area contributed by atoms with Crippen LogP contribution in [0.5, 0.6) is 0 Å². The van der Waals surface area contributed by atoms with E-state index in [4.69, 9.17) is 5.73 Å². The van der Waals surface area contributed by atoms with Crippen molar-refractivity contribution in [1.29, 1.82) is 0 Å². The zero-order valence-corrected chi connectivity index (χ0v) is 13.4. The largest absolute Gasteiger partial charge is 0.399 e. The first-order valence-electron chi connectivity index (χ1n) is 6.59. The van der Waals surface area contributed by atoms with Gasteiger partial charge in [-0.05, 0) is 30.9 Å². The molecule has 2 N–H and O–H groups in total. The van der Waals surface area contributed by atoms with Gasteiger partial charge in [-0.15, -0.1) is 11.8 Å². The zero-order chi connectivity index (χ0) is 14.8. The summed E-state index contributed by atoms with van der Waals surface area (Å²) in [5, 5.41) is 1.17. The molecular weight excluding hydrogens is 292 g/mol. The molecule has 0 spiro atoms. The highest BCUT2D eigenvalue weighted by Crippen LogP contribution is 2.30. The summed E-state index contributed by atoms with van der Waals surface area (Å²) in [5.74, 6) is 0.448. The zero-order valence-electron chi connectivity index (χ0n) is 11.8. The van der Waals surface area contributed by atoms with Gasteiger partial charge in [0.1, 0.15) is 9.84 Å². The minimum atomic E-state index is -2.89. The van der Waals surface area contributed by atoms with Gasteiger partial charge in [-0.2, -0.15) is 0 Å². The van der Waals surface area contributed by atoms with Crippen molar-refractivity contribution < 1.29 is 8.42 Å². The summed E-state index contributed by atoms with van der Waals surface area (Å²) in [6.45, 7) is 2.38. The van der Waals surface area contributed by atoms with Crippen LogP contribution in [-0.2, 0) is 16.4 Å². The molecule has 6 heteroatoms. The van der Waals surface area contributed by atoms with E-state index in [-0.39, 0.29) is 11.5 Å². The van der Waals surface area contributed by atoms with Gasteiger partial charge in [0.15, 0.2) is 0 Å². The number of hydrogen-bond donors (Lipinski definition) is 1. The van der Waals surface area contributed by atoms with Gasteiger partial charge in [-0.3, -0.25) is 0 Å². The Bertz CT molecular complexity index is 705. The van der Waals surface area contributed by atoms with E-state index in [9.17, 15) is 8.42 Å². The van der Waals surface area contributed by atoms with Crippen molar-refractivity contribution in [3.8, 4) is 0 Å². The number of fused-ring (bicyclic) bond motifs is 1. The SMILES string of the molecule is CCS(=O)(=O)CCCn1ccc2c(SC)cc(N)cc21. The molecule has 0 saturated carbocycles. The number of thioether (sulfide) groups is 1. The normalized spacial score (nSPS) is 12.1. The average molecular weight is 312 g/mol. The summed E-state index contributed by atoms with van der Waals surface area (Å²) >= 11 is 1.67. The maximum Gasteiger partial charge on any atom is 0.150 e. The van der Waals surface area contributed by atoms with Crippen LogP contribution in [0.25, 0.3) is 10.9 Å². The van der Waals surface area contributed by atoms with E-state index in [0.29, 0.717) is 13.0 Å². The molecule has 4 nitrogen and oxygen atoms in total. The number of rotatable bonds is 6. The van der Waals surface area contributed by atoms with Crippen LogP contribution in [0.4, 0.5) is 5.69 Å². The molecule has 20 heavy (non-hydrogen) atoms. The molecule has 0 aliphatic rings. The van der Waals surface area contributed by atoms with Crippen molar-refractivity contribution in [2.24, 2.45) is 0 Å². The number of nitrogens with two attached hydrogens (primary N) is 1. The second kappa shape index (κ2) is 6.10. The Morgan fingerprint density at radius 3 is 2.75 bits per heavy atom. The van der Waals surface area contributed by atoms with E-state index < -0.39 is 9.84 Å². The van der Waals surface area contributed by atoms with Crippen molar-refractivity contribution >= 4 is 38.2 Å². The fourth-order valence-corrected chi connectivity index (χ4v) is 3.75. The molecular formula is C14H20N2O2S2. The predicted octanol–water partition coefficient (Wildman–Crippen LogP) is 2.77. The Kier molecular flexibility index (Phi) is 4.65. The molecule has 0 unspecified atom stereocenters. The molecule has 110 valence electrons. The van der Waals surface area contributed by atoms with Crippen molar-refractivity contribution in [2.75, 3.05) is 23.5 Å². The highest BCUT2D eigenvalue weighted by molar-refractivity contribution is 7.98. The van der Waals surface area contributed by atoms with E-state index in [1.807, 2.05) is 24.6 Å². The topological polar surface area (TPSA) is 65.1 Å². The molecule has 0 amide bonds. The summed E-state index contributed by atoms with van der Waals surface area (Å²) in [7, 11) is -2.89.